The lowest BCUT2D eigenvalue weighted by atomic mass is 9.94. The molecule has 4 atom stereocenters. The van der Waals surface area contributed by atoms with Crippen molar-refractivity contribution in [2.45, 2.75) is 37.4 Å². The zero-order valence-corrected chi connectivity index (χ0v) is 14.3. The van der Waals surface area contributed by atoms with Gasteiger partial charge in [0.05, 0.1) is 5.60 Å². The molecule has 1 saturated heterocycles. The number of rotatable bonds is 4. The zero-order chi connectivity index (χ0) is 16.7. The van der Waals surface area contributed by atoms with E-state index in [1.807, 2.05) is 6.92 Å². The van der Waals surface area contributed by atoms with E-state index in [-0.39, 0.29) is 0 Å². The van der Waals surface area contributed by atoms with Gasteiger partial charge in [0, 0.05) is 6.20 Å². The van der Waals surface area contributed by atoms with Gasteiger partial charge in [-0.2, -0.15) is 0 Å². The molecular weight excluding hydrogens is 301 g/mol. The van der Waals surface area contributed by atoms with Crippen LogP contribution in [0, 0.1) is 0 Å². The molecule has 2 heterocycles. The van der Waals surface area contributed by atoms with Crippen LogP contribution in [0.4, 0.5) is 0 Å². The summed E-state index contributed by atoms with van der Waals surface area (Å²) in [5.74, 6) is 0.728. The Morgan fingerprint density at radius 2 is 2.14 bits per heavy atom. The third-order valence-electron chi connectivity index (χ3n) is 4.08. The lowest BCUT2D eigenvalue weighted by Gasteiger charge is -2.32. The van der Waals surface area contributed by atoms with Crippen molar-refractivity contribution < 1.29 is 14.9 Å². The predicted molar refractivity (Wildman–Crippen MR) is 92.4 cm³/mol. The van der Waals surface area contributed by atoms with Crippen LogP contribution in [-0.4, -0.2) is 70.8 Å². The van der Waals surface area contributed by atoms with Crippen molar-refractivity contribution in [3.8, 4) is 0 Å². The van der Waals surface area contributed by atoms with Crippen molar-refractivity contribution in [1.29, 1.82) is 0 Å². The van der Waals surface area contributed by atoms with Crippen LogP contribution >= 0.6 is 6.89 Å². The quantitative estimate of drug-likeness (QED) is 0.657. The minimum atomic E-state index is -1.24. The van der Waals surface area contributed by atoms with E-state index in [2.05, 4.69) is 31.2 Å². The SMILES string of the molecule is C=C1N=C(N)C=CN1[C@@H]1O[C@](C)(CCP(=C)(C)C)[C@@H](O)[C@H]1O. The summed E-state index contributed by atoms with van der Waals surface area (Å²) in [5, 5.41) is 20.8. The maximum absolute atomic E-state index is 10.4. The molecule has 6 nitrogen and oxygen atoms in total. The van der Waals surface area contributed by atoms with Gasteiger partial charge in [-0.3, -0.25) is 0 Å². The summed E-state index contributed by atoms with van der Waals surface area (Å²) in [7, 11) is 0. The molecule has 0 amide bonds. The van der Waals surface area contributed by atoms with Crippen LogP contribution in [0.25, 0.3) is 0 Å². The van der Waals surface area contributed by atoms with E-state index in [9.17, 15) is 10.2 Å². The number of amidine groups is 1. The summed E-state index contributed by atoms with van der Waals surface area (Å²) in [5.41, 5.74) is 4.80. The van der Waals surface area contributed by atoms with Crippen molar-refractivity contribution in [2.75, 3.05) is 19.5 Å². The molecule has 0 bridgehead atoms. The van der Waals surface area contributed by atoms with Crippen molar-refractivity contribution in [3.05, 3.63) is 24.7 Å². The molecule has 0 radical (unpaired) electrons. The Labute approximate surface area is 131 Å². The second-order valence-electron chi connectivity index (χ2n) is 6.84. The average molecular weight is 327 g/mol. The Morgan fingerprint density at radius 3 is 2.68 bits per heavy atom. The number of ether oxygens (including phenoxy) is 1. The minimum Gasteiger partial charge on any atom is -0.387 e. The topological polar surface area (TPSA) is 91.3 Å². The summed E-state index contributed by atoms with van der Waals surface area (Å²) < 4.78 is 6.01. The highest BCUT2D eigenvalue weighted by Crippen LogP contribution is 2.43. The van der Waals surface area contributed by atoms with E-state index >= 15 is 0 Å². The molecule has 2 aliphatic heterocycles. The first-order valence-corrected chi connectivity index (χ1v) is 10.3. The fourth-order valence-corrected chi connectivity index (χ4v) is 3.65. The third kappa shape index (κ3) is 3.46. The van der Waals surface area contributed by atoms with E-state index in [0.29, 0.717) is 18.1 Å². The van der Waals surface area contributed by atoms with E-state index in [4.69, 9.17) is 10.5 Å². The summed E-state index contributed by atoms with van der Waals surface area (Å²) in [4.78, 5) is 5.66. The normalized spacial score (nSPS) is 35.9. The van der Waals surface area contributed by atoms with Crippen LogP contribution in [0.2, 0.25) is 0 Å². The Balaban J connectivity index is 2.15. The molecule has 4 N–H and O–H groups in total. The number of nitrogens with zero attached hydrogens (tertiary/aromatic N) is 2. The fraction of sp³-hybridized carbons (Fsp3) is 0.600. The molecule has 124 valence electrons. The number of hydrogen-bond acceptors (Lipinski definition) is 6. The van der Waals surface area contributed by atoms with Gasteiger partial charge >= 0.3 is 0 Å². The van der Waals surface area contributed by atoms with Gasteiger partial charge in [-0.05, 0) is 38.9 Å². The van der Waals surface area contributed by atoms with Crippen LogP contribution in [0.5, 0.6) is 0 Å². The van der Waals surface area contributed by atoms with E-state index < -0.39 is 30.9 Å². The molecule has 0 unspecified atom stereocenters. The van der Waals surface area contributed by atoms with Crippen LogP contribution in [-0.2, 0) is 4.74 Å². The molecular formula is C15H26N3O3P. The summed E-state index contributed by atoms with van der Waals surface area (Å²) >= 11 is 0. The molecule has 7 heteroatoms. The minimum absolute atomic E-state index is 0.348. The first-order chi connectivity index (χ1) is 10.0. The molecule has 22 heavy (non-hydrogen) atoms. The molecule has 0 aromatic carbocycles. The van der Waals surface area contributed by atoms with Crippen molar-refractivity contribution in [2.24, 2.45) is 10.7 Å². The molecule has 2 rings (SSSR count). The lowest BCUT2D eigenvalue weighted by molar-refractivity contribution is -0.104. The number of nitrogens with two attached hydrogens (primary N) is 1. The first-order valence-electron chi connectivity index (χ1n) is 7.24. The molecule has 0 aromatic rings. The molecule has 0 spiro atoms. The molecule has 0 aliphatic carbocycles. The Bertz CT molecular complexity index is 568. The first kappa shape index (κ1) is 17.3. The maximum atomic E-state index is 10.4. The molecule has 1 fully saturated rings. The van der Waals surface area contributed by atoms with Gasteiger partial charge in [0.25, 0.3) is 0 Å². The summed E-state index contributed by atoms with van der Waals surface area (Å²) in [6.45, 7) is 8.68. The number of aliphatic hydroxyl groups excluding tert-OH is 2. The number of aliphatic hydroxyl groups is 2. The van der Waals surface area contributed by atoms with E-state index in [1.54, 1.807) is 17.2 Å². The molecule has 0 saturated carbocycles. The highest BCUT2D eigenvalue weighted by molar-refractivity contribution is 7.72. The van der Waals surface area contributed by atoms with Crippen LogP contribution in [0.1, 0.15) is 13.3 Å². The Kier molecular flexibility index (Phi) is 4.60. The average Bonchev–Trinajstić information content (AvgIpc) is 2.61. The summed E-state index contributed by atoms with van der Waals surface area (Å²) in [6, 6.07) is 0. The van der Waals surface area contributed by atoms with Gasteiger partial charge in [-0.1, -0.05) is 6.58 Å². The maximum Gasteiger partial charge on any atom is 0.164 e. The largest absolute Gasteiger partial charge is 0.387 e. The predicted octanol–water partition coefficient (Wildman–Crippen LogP) is 0.580. The second kappa shape index (κ2) is 5.85. The van der Waals surface area contributed by atoms with E-state index in [0.717, 1.165) is 6.16 Å². The second-order valence-corrected chi connectivity index (χ2v) is 11.2. The van der Waals surface area contributed by atoms with Crippen LogP contribution in [0.15, 0.2) is 29.7 Å². The van der Waals surface area contributed by atoms with Crippen molar-refractivity contribution >= 4 is 19.0 Å². The standard InChI is InChI=1S/C15H26N3O3P/c1-10-17-11(16)6-8-18(10)14-12(19)13(20)15(2,21-14)7-9-22(3,4)5/h6,8,12-14,19-20H,1,3,7,9H2,2,4-5H3,(H2,16,17)/t12-,13+,14-,15-/m1/s1. The summed E-state index contributed by atoms with van der Waals surface area (Å²) in [6.07, 6.45) is 6.21. The van der Waals surface area contributed by atoms with E-state index in [1.165, 1.54) is 0 Å². The number of aliphatic imine (C=N–C) groups is 1. The van der Waals surface area contributed by atoms with Gasteiger partial charge in [0.2, 0.25) is 0 Å². The highest BCUT2D eigenvalue weighted by atomic mass is 31.2. The lowest BCUT2D eigenvalue weighted by Crippen LogP contribution is -2.43. The van der Waals surface area contributed by atoms with Gasteiger partial charge in [-0.25, -0.2) is 4.99 Å². The van der Waals surface area contributed by atoms with Gasteiger partial charge in [0.15, 0.2) is 6.23 Å². The smallest absolute Gasteiger partial charge is 0.164 e. The number of hydrogen-bond donors (Lipinski definition) is 3. The highest BCUT2D eigenvalue weighted by Gasteiger charge is 2.53. The zero-order valence-electron chi connectivity index (χ0n) is 13.4. The third-order valence-corrected chi connectivity index (χ3v) is 5.52. The molecule has 0 aromatic heterocycles. The Hall–Kier alpha value is -1.07. The van der Waals surface area contributed by atoms with Crippen molar-refractivity contribution in [3.63, 3.8) is 0 Å². The Morgan fingerprint density at radius 1 is 1.50 bits per heavy atom. The monoisotopic (exact) mass is 327 g/mol. The van der Waals surface area contributed by atoms with Crippen LogP contribution < -0.4 is 5.73 Å². The van der Waals surface area contributed by atoms with Gasteiger partial charge in [0.1, 0.15) is 23.9 Å². The molecule has 2 aliphatic rings. The van der Waals surface area contributed by atoms with Crippen LogP contribution in [0.3, 0.4) is 0 Å². The van der Waals surface area contributed by atoms with Gasteiger partial charge in [-0.15, -0.1) is 13.2 Å². The fourth-order valence-electron chi connectivity index (χ4n) is 2.60. The van der Waals surface area contributed by atoms with Gasteiger partial charge < -0.3 is 25.6 Å². The van der Waals surface area contributed by atoms with Crippen molar-refractivity contribution in [1.82, 2.24) is 4.90 Å².